The van der Waals surface area contributed by atoms with Crippen LogP contribution in [0, 0.1) is 11.3 Å². The fourth-order valence-corrected chi connectivity index (χ4v) is 8.40. The van der Waals surface area contributed by atoms with E-state index in [4.69, 9.17) is 19.9 Å². The van der Waals surface area contributed by atoms with Crippen LogP contribution < -0.4 is 0 Å². The summed E-state index contributed by atoms with van der Waals surface area (Å²) in [6.07, 6.45) is 0. The fraction of sp³-hybridized carbons (Fsp3) is 0. The van der Waals surface area contributed by atoms with E-state index in [0.29, 0.717) is 17.2 Å². The maximum absolute atomic E-state index is 9.69. The Morgan fingerprint density at radius 1 is 0.333 bits per heavy atom. The molecule has 0 fully saturated rings. The Morgan fingerprint density at radius 2 is 0.810 bits per heavy atom. The van der Waals surface area contributed by atoms with E-state index in [1.54, 1.807) is 0 Å². The second-order valence-corrected chi connectivity index (χ2v) is 15.4. The van der Waals surface area contributed by atoms with E-state index in [-0.39, 0.29) is 0 Å². The molecule has 0 aliphatic carbocycles. The van der Waals surface area contributed by atoms with Crippen molar-refractivity contribution in [3.05, 3.63) is 224 Å². The smallest absolute Gasteiger partial charge is 0.160 e. The van der Waals surface area contributed by atoms with Crippen molar-refractivity contribution in [2.45, 2.75) is 0 Å². The van der Waals surface area contributed by atoms with Crippen LogP contribution in [-0.4, -0.2) is 24.5 Å². The predicted molar refractivity (Wildman–Crippen MR) is 255 cm³/mol. The Kier molecular flexibility index (Phi) is 9.45. The molecule has 0 radical (unpaired) electrons. The van der Waals surface area contributed by atoms with E-state index in [0.717, 1.165) is 94.8 Å². The standard InChI is InChI=1S/C57H36N6/c58-37-38-16-15-25-43(32-38)44-28-30-54-47(33-44)46-26-13-14-27-53(46)63(54)55-31-29-45(57-60-49(39-17-5-1-6-18-39)35-50(61-57)40-19-7-2-8-20-40)34-48(55)52-36-51(41-21-9-3-10-22-41)59-56(62-52)42-23-11-4-12-24-42/h1-36H. The van der Waals surface area contributed by atoms with Gasteiger partial charge in [0.1, 0.15) is 0 Å². The van der Waals surface area contributed by atoms with Crippen molar-refractivity contribution in [2.24, 2.45) is 0 Å². The molecule has 6 heteroatoms. The minimum atomic E-state index is 0.607. The number of nitriles is 1. The Hall–Kier alpha value is -8.79. The van der Waals surface area contributed by atoms with E-state index in [1.165, 1.54) is 0 Å². The van der Waals surface area contributed by atoms with Crippen LogP contribution in [-0.2, 0) is 0 Å². The summed E-state index contributed by atoms with van der Waals surface area (Å²) in [7, 11) is 0. The van der Waals surface area contributed by atoms with Gasteiger partial charge in [0.25, 0.3) is 0 Å². The average molecular weight is 805 g/mol. The molecule has 6 nitrogen and oxygen atoms in total. The van der Waals surface area contributed by atoms with Crippen LogP contribution in [0.4, 0.5) is 0 Å². The first-order valence-corrected chi connectivity index (χ1v) is 20.9. The van der Waals surface area contributed by atoms with E-state index in [2.05, 4.69) is 138 Å². The molecule has 8 aromatic carbocycles. The van der Waals surface area contributed by atoms with Crippen LogP contribution in [0.1, 0.15) is 5.56 Å². The summed E-state index contributed by atoms with van der Waals surface area (Å²) in [5, 5.41) is 11.9. The molecule has 294 valence electrons. The normalized spacial score (nSPS) is 11.2. The molecule has 0 bridgehead atoms. The zero-order valence-electron chi connectivity index (χ0n) is 34.0. The number of hydrogen-bond acceptors (Lipinski definition) is 5. The third kappa shape index (κ3) is 7.10. The summed E-state index contributed by atoms with van der Waals surface area (Å²) in [4.78, 5) is 21.0. The van der Waals surface area contributed by atoms with E-state index in [9.17, 15) is 5.26 Å². The van der Waals surface area contributed by atoms with Gasteiger partial charge >= 0.3 is 0 Å². The maximum Gasteiger partial charge on any atom is 0.160 e. The molecule has 63 heavy (non-hydrogen) atoms. The molecule has 0 saturated carbocycles. The molecule has 0 saturated heterocycles. The molecule has 0 spiro atoms. The van der Waals surface area contributed by atoms with E-state index in [1.807, 2.05) is 91.0 Å². The van der Waals surface area contributed by atoms with Gasteiger partial charge in [-0.3, -0.25) is 0 Å². The fourth-order valence-electron chi connectivity index (χ4n) is 8.40. The number of rotatable bonds is 8. The number of benzene rings is 8. The third-order valence-electron chi connectivity index (χ3n) is 11.5. The Morgan fingerprint density at radius 3 is 1.43 bits per heavy atom. The van der Waals surface area contributed by atoms with Gasteiger partial charge in [-0.15, -0.1) is 0 Å². The van der Waals surface area contributed by atoms with Gasteiger partial charge in [0.05, 0.1) is 51.1 Å². The minimum absolute atomic E-state index is 0.607. The lowest BCUT2D eigenvalue weighted by atomic mass is 10.0. The quantitative estimate of drug-likeness (QED) is 0.153. The van der Waals surface area contributed by atoms with Crippen molar-refractivity contribution in [1.29, 1.82) is 5.26 Å². The summed E-state index contributed by atoms with van der Waals surface area (Å²) in [6.45, 7) is 0. The van der Waals surface area contributed by atoms with Gasteiger partial charge < -0.3 is 4.57 Å². The second-order valence-electron chi connectivity index (χ2n) is 15.4. The highest BCUT2D eigenvalue weighted by atomic mass is 15.0. The number of nitrogens with zero attached hydrogens (tertiary/aromatic N) is 6. The molecular formula is C57H36N6. The topological polar surface area (TPSA) is 80.3 Å². The first-order chi connectivity index (χ1) is 31.2. The van der Waals surface area contributed by atoms with Crippen molar-refractivity contribution in [3.8, 4) is 90.7 Å². The second kappa shape index (κ2) is 16.0. The monoisotopic (exact) mass is 804 g/mol. The molecule has 3 aromatic heterocycles. The van der Waals surface area contributed by atoms with Crippen molar-refractivity contribution < 1.29 is 0 Å². The molecule has 0 unspecified atom stereocenters. The van der Waals surface area contributed by atoms with Gasteiger partial charge in [-0.2, -0.15) is 5.26 Å². The number of hydrogen-bond donors (Lipinski definition) is 0. The van der Waals surface area contributed by atoms with Crippen molar-refractivity contribution in [3.63, 3.8) is 0 Å². The number of fused-ring (bicyclic) bond motifs is 3. The number of aromatic nitrogens is 5. The summed E-state index contributed by atoms with van der Waals surface area (Å²) >= 11 is 0. The molecule has 11 rings (SSSR count). The summed E-state index contributed by atoms with van der Waals surface area (Å²) < 4.78 is 2.34. The van der Waals surface area contributed by atoms with Crippen LogP contribution >= 0.6 is 0 Å². The molecule has 11 aromatic rings. The molecule has 3 heterocycles. The van der Waals surface area contributed by atoms with Gasteiger partial charge in [-0.1, -0.05) is 158 Å². The van der Waals surface area contributed by atoms with Crippen LogP contribution in [0.3, 0.4) is 0 Å². The molecule has 0 aliphatic rings. The average Bonchev–Trinajstić information content (AvgIpc) is 3.70. The van der Waals surface area contributed by atoms with Crippen LogP contribution in [0.5, 0.6) is 0 Å². The Bertz CT molecular complexity index is 3390. The molecule has 0 amide bonds. The first kappa shape index (κ1) is 37.2. The third-order valence-corrected chi connectivity index (χ3v) is 11.5. The molecule has 0 aliphatic heterocycles. The first-order valence-electron chi connectivity index (χ1n) is 20.9. The van der Waals surface area contributed by atoms with Gasteiger partial charge in [0.15, 0.2) is 11.6 Å². The molecule has 0 N–H and O–H groups in total. The lowest BCUT2D eigenvalue weighted by molar-refractivity contribution is 1.14. The van der Waals surface area contributed by atoms with Gasteiger partial charge in [-0.25, -0.2) is 19.9 Å². The highest BCUT2D eigenvalue weighted by Crippen LogP contribution is 2.40. The zero-order chi connectivity index (χ0) is 42.1. The van der Waals surface area contributed by atoms with Crippen molar-refractivity contribution in [2.75, 3.05) is 0 Å². The van der Waals surface area contributed by atoms with Crippen LogP contribution in [0.2, 0.25) is 0 Å². The molecule has 0 atom stereocenters. The van der Waals surface area contributed by atoms with Gasteiger partial charge in [0, 0.05) is 44.2 Å². The summed E-state index contributed by atoms with van der Waals surface area (Å²) in [6, 6.07) is 76.7. The lowest BCUT2D eigenvalue weighted by Gasteiger charge is -2.17. The summed E-state index contributed by atoms with van der Waals surface area (Å²) in [5.41, 5.74) is 14.6. The SMILES string of the molecule is N#Cc1cccc(-c2ccc3c(c2)c2ccccc2n3-c2ccc(-c3nc(-c4ccccc4)cc(-c4ccccc4)n3)cc2-c2cc(-c3ccccc3)nc(-c3ccccc3)n2)c1. The van der Waals surface area contributed by atoms with Crippen LogP contribution in [0.15, 0.2) is 218 Å². The van der Waals surface area contributed by atoms with Crippen molar-refractivity contribution in [1.82, 2.24) is 24.5 Å². The largest absolute Gasteiger partial charge is 0.309 e. The zero-order valence-corrected chi connectivity index (χ0v) is 34.0. The Labute approximate surface area is 364 Å². The maximum atomic E-state index is 9.69. The van der Waals surface area contributed by atoms with Crippen molar-refractivity contribution >= 4 is 21.8 Å². The van der Waals surface area contributed by atoms with Gasteiger partial charge in [-0.05, 0) is 71.8 Å². The highest BCUT2D eigenvalue weighted by Gasteiger charge is 2.21. The van der Waals surface area contributed by atoms with E-state index < -0.39 is 0 Å². The molecular weight excluding hydrogens is 769 g/mol. The summed E-state index contributed by atoms with van der Waals surface area (Å²) in [5.74, 6) is 1.23. The Balaban J connectivity index is 1.19. The van der Waals surface area contributed by atoms with Crippen LogP contribution in [0.25, 0.3) is 106 Å². The predicted octanol–water partition coefficient (Wildman–Crippen LogP) is 13.9. The highest BCUT2D eigenvalue weighted by molar-refractivity contribution is 6.11. The minimum Gasteiger partial charge on any atom is -0.309 e. The lowest BCUT2D eigenvalue weighted by Crippen LogP contribution is -2.02. The van der Waals surface area contributed by atoms with Gasteiger partial charge in [0.2, 0.25) is 0 Å². The number of para-hydroxylation sites is 1. The van der Waals surface area contributed by atoms with E-state index >= 15 is 0 Å².